The van der Waals surface area contributed by atoms with Crippen LogP contribution in [0.25, 0.3) is 0 Å². The maximum absolute atomic E-state index is 12.1. The van der Waals surface area contributed by atoms with Crippen LogP contribution in [-0.4, -0.2) is 41.7 Å². The van der Waals surface area contributed by atoms with E-state index in [1.807, 2.05) is 17.9 Å². The fourth-order valence-corrected chi connectivity index (χ4v) is 2.56. The summed E-state index contributed by atoms with van der Waals surface area (Å²) in [7, 11) is 0. The molecule has 0 saturated heterocycles. The van der Waals surface area contributed by atoms with Crippen molar-refractivity contribution in [1.29, 1.82) is 0 Å². The Kier molecular flexibility index (Phi) is 5.27. The molecule has 0 heterocycles. The van der Waals surface area contributed by atoms with Gasteiger partial charge in [-0.1, -0.05) is 29.3 Å². The van der Waals surface area contributed by atoms with Crippen LogP contribution in [0.15, 0.2) is 12.1 Å². The lowest BCUT2D eigenvalue weighted by atomic mass is 10.2. The van der Waals surface area contributed by atoms with Gasteiger partial charge in [0.1, 0.15) is 0 Å². The number of amides is 1. The second-order valence-corrected chi connectivity index (χ2v) is 5.81. The Labute approximate surface area is 128 Å². The van der Waals surface area contributed by atoms with Crippen molar-refractivity contribution in [1.82, 2.24) is 4.90 Å². The molecule has 1 aliphatic carbocycles. The van der Waals surface area contributed by atoms with Gasteiger partial charge in [-0.3, -0.25) is 9.69 Å². The quantitative estimate of drug-likeness (QED) is 0.848. The average molecular weight is 317 g/mol. The Morgan fingerprint density at radius 1 is 1.45 bits per heavy atom. The van der Waals surface area contributed by atoms with E-state index in [-0.39, 0.29) is 19.1 Å². The molecule has 0 radical (unpaired) electrons. The third-order valence-corrected chi connectivity index (χ3v) is 4.15. The second-order valence-electron chi connectivity index (χ2n) is 5.03. The van der Waals surface area contributed by atoms with E-state index in [0.717, 1.165) is 18.4 Å². The van der Waals surface area contributed by atoms with E-state index >= 15 is 0 Å². The SMILES string of the molecule is Cc1ccc(Cl)c(NC(=O)CN(CCO)C2CC2)c1Cl. The number of rotatable bonds is 6. The highest BCUT2D eigenvalue weighted by molar-refractivity contribution is 6.40. The van der Waals surface area contributed by atoms with Crippen molar-refractivity contribution >= 4 is 34.8 Å². The lowest BCUT2D eigenvalue weighted by molar-refractivity contribution is -0.117. The first-order chi connectivity index (χ1) is 9.52. The van der Waals surface area contributed by atoms with Crippen LogP contribution in [0.3, 0.4) is 0 Å². The molecule has 1 aliphatic rings. The third kappa shape index (κ3) is 3.85. The summed E-state index contributed by atoms with van der Waals surface area (Å²) in [5.41, 5.74) is 1.32. The predicted octanol–water partition coefficient (Wildman–Crippen LogP) is 2.70. The lowest BCUT2D eigenvalue weighted by Gasteiger charge is -2.20. The molecule has 1 aromatic carbocycles. The van der Waals surface area contributed by atoms with Crippen molar-refractivity contribution in [3.8, 4) is 0 Å². The van der Waals surface area contributed by atoms with Crippen molar-refractivity contribution in [3.05, 3.63) is 27.7 Å². The van der Waals surface area contributed by atoms with Crippen LogP contribution in [-0.2, 0) is 4.79 Å². The van der Waals surface area contributed by atoms with E-state index in [1.165, 1.54) is 0 Å². The molecule has 1 aromatic rings. The molecule has 2 N–H and O–H groups in total. The zero-order valence-electron chi connectivity index (χ0n) is 11.3. The normalized spacial score (nSPS) is 14.7. The number of carbonyl (C=O) groups is 1. The number of nitrogens with one attached hydrogen (secondary N) is 1. The Morgan fingerprint density at radius 3 is 2.75 bits per heavy atom. The number of carbonyl (C=O) groups excluding carboxylic acids is 1. The Morgan fingerprint density at radius 2 is 2.15 bits per heavy atom. The maximum atomic E-state index is 12.1. The zero-order valence-corrected chi connectivity index (χ0v) is 12.8. The number of halogens is 2. The summed E-state index contributed by atoms with van der Waals surface area (Å²) in [6, 6.07) is 3.93. The molecule has 1 amide bonds. The minimum absolute atomic E-state index is 0.0513. The van der Waals surface area contributed by atoms with E-state index in [4.69, 9.17) is 28.3 Å². The van der Waals surface area contributed by atoms with E-state index in [1.54, 1.807) is 6.07 Å². The Bertz CT molecular complexity index is 504. The molecule has 1 fully saturated rings. The first-order valence-corrected chi connectivity index (χ1v) is 7.38. The van der Waals surface area contributed by atoms with Crippen LogP contribution < -0.4 is 5.32 Å². The topological polar surface area (TPSA) is 52.6 Å². The lowest BCUT2D eigenvalue weighted by Crippen LogP contribution is -2.36. The standard InChI is InChI=1S/C14H18Cl2N2O2/c1-9-2-5-11(15)14(13(9)16)17-12(20)8-18(6-7-19)10-3-4-10/h2,5,10,19H,3-4,6-8H2,1H3,(H,17,20). The molecule has 20 heavy (non-hydrogen) atoms. The molecular formula is C14H18Cl2N2O2. The molecule has 0 atom stereocenters. The summed E-state index contributed by atoms with van der Waals surface area (Å²) in [5, 5.41) is 12.7. The number of hydrogen-bond acceptors (Lipinski definition) is 3. The Balaban J connectivity index is 2.02. The molecule has 0 bridgehead atoms. The molecule has 0 spiro atoms. The molecule has 0 unspecified atom stereocenters. The molecule has 1 saturated carbocycles. The number of nitrogens with zero attached hydrogens (tertiary/aromatic N) is 1. The van der Waals surface area contributed by atoms with Crippen LogP contribution >= 0.6 is 23.2 Å². The number of aliphatic hydroxyl groups excluding tert-OH is 1. The highest BCUT2D eigenvalue weighted by Crippen LogP contribution is 2.33. The van der Waals surface area contributed by atoms with Gasteiger partial charge in [0, 0.05) is 12.6 Å². The smallest absolute Gasteiger partial charge is 0.238 e. The highest BCUT2D eigenvalue weighted by atomic mass is 35.5. The van der Waals surface area contributed by atoms with Crippen LogP contribution in [0.4, 0.5) is 5.69 Å². The number of anilines is 1. The van der Waals surface area contributed by atoms with Crippen LogP contribution in [0, 0.1) is 6.92 Å². The van der Waals surface area contributed by atoms with E-state index in [9.17, 15) is 4.79 Å². The minimum Gasteiger partial charge on any atom is -0.395 e. The van der Waals surface area contributed by atoms with Crippen molar-refractivity contribution in [2.45, 2.75) is 25.8 Å². The van der Waals surface area contributed by atoms with Crippen molar-refractivity contribution in [3.63, 3.8) is 0 Å². The van der Waals surface area contributed by atoms with Gasteiger partial charge in [-0.2, -0.15) is 0 Å². The van der Waals surface area contributed by atoms with Gasteiger partial charge in [0.2, 0.25) is 5.91 Å². The molecule has 4 nitrogen and oxygen atoms in total. The number of hydrogen-bond donors (Lipinski definition) is 2. The molecule has 110 valence electrons. The molecule has 2 rings (SSSR count). The summed E-state index contributed by atoms with van der Waals surface area (Å²) in [6.45, 7) is 2.66. The van der Waals surface area contributed by atoms with E-state index in [2.05, 4.69) is 5.32 Å². The van der Waals surface area contributed by atoms with E-state index in [0.29, 0.717) is 28.3 Å². The average Bonchev–Trinajstić information content (AvgIpc) is 3.23. The minimum atomic E-state index is -0.167. The number of benzene rings is 1. The van der Waals surface area contributed by atoms with E-state index < -0.39 is 0 Å². The summed E-state index contributed by atoms with van der Waals surface area (Å²) < 4.78 is 0. The molecular weight excluding hydrogens is 299 g/mol. The monoisotopic (exact) mass is 316 g/mol. The summed E-state index contributed by atoms with van der Waals surface area (Å²) in [4.78, 5) is 14.1. The third-order valence-electron chi connectivity index (χ3n) is 3.35. The van der Waals surface area contributed by atoms with Gasteiger partial charge in [-0.05, 0) is 31.4 Å². The maximum Gasteiger partial charge on any atom is 0.238 e. The van der Waals surface area contributed by atoms with Gasteiger partial charge < -0.3 is 10.4 Å². The summed E-state index contributed by atoms with van der Waals surface area (Å²) in [6.07, 6.45) is 2.17. The van der Waals surface area contributed by atoms with Gasteiger partial charge in [0.05, 0.1) is 28.9 Å². The van der Waals surface area contributed by atoms with Gasteiger partial charge in [-0.15, -0.1) is 0 Å². The summed E-state index contributed by atoms with van der Waals surface area (Å²) >= 11 is 12.2. The first-order valence-electron chi connectivity index (χ1n) is 6.62. The molecule has 6 heteroatoms. The van der Waals surface area contributed by atoms with Gasteiger partial charge >= 0.3 is 0 Å². The van der Waals surface area contributed by atoms with Gasteiger partial charge in [0.25, 0.3) is 0 Å². The summed E-state index contributed by atoms with van der Waals surface area (Å²) in [5.74, 6) is -0.167. The number of aliphatic hydroxyl groups is 1. The van der Waals surface area contributed by atoms with Gasteiger partial charge in [-0.25, -0.2) is 0 Å². The van der Waals surface area contributed by atoms with Crippen LogP contribution in [0.1, 0.15) is 18.4 Å². The van der Waals surface area contributed by atoms with Crippen LogP contribution in [0.5, 0.6) is 0 Å². The first kappa shape index (κ1) is 15.6. The number of aryl methyl sites for hydroxylation is 1. The predicted molar refractivity (Wildman–Crippen MR) is 81.5 cm³/mol. The van der Waals surface area contributed by atoms with Crippen molar-refractivity contribution in [2.24, 2.45) is 0 Å². The van der Waals surface area contributed by atoms with Crippen LogP contribution in [0.2, 0.25) is 10.0 Å². The molecule has 0 aromatic heterocycles. The zero-order chi connectivity index (χ0) is 14.7. The Hall–Kier alpha value is -0.810. The van der Waals surface area contributed by atoms with Gasteiger partial charge in [0.15, 0.2) is 0 Å². The van der Waals surface area contributed by atoms with Crippen molar-refractivity contribution < 1.29 is 9.90 Å². The van der Waals surface area contributed by atoms with Crippen molar-refractivity contribution in [2.75, 3.05) is 25.0 Å². The largest absolute Gasteiger partial charge is 0.395 e. The second kappa shape index (κ2) is 6.76. The molecule has 0 aliphatic heterocycles. The fraction of sp³-hybridized carbons (Fsp3) is 0.500. The highest BCUT2D eigenvalue weighted by Gasteiger charge is 2.30. The fourth-order valence-electron chi connectivity index (χ4n) is 2.09.